The van der Waals surface area contributed by atoms with Crippen LogP contribution in [0.1, 0.15) is 15.2 Å². The van der Waals surface area contributed by atoms with Gasteiger partial charge in [0, 0.05) is 7.05 Å². The first-order valence-electron chi connectivity index (χ1n) is 5.06. The van der Waals surface area contributed by atoms with Crippen molar-refractivity contribution in [2.45, 2.75) is 0 Å². The number of hydrogen-bond acceptors (Lipinski definition) is 5. The number of aldehydes is 1. The Labute approximate surface area is 124 Å². The molecular weight excluding hydrogens is 305 g/mol. The first-order chi connectivity index (χ1) is 9.13. The van der Waals surface area contributed by atoms with Crippen LogP contribution in [0.3, 0.4) is 0 Å². The summed E-state index contributed by atoms with van der Waals surface area (Å²) in [6.45, 7) is 0. The average Bonchev–Trinajstić information content (AvgIpc) is 2.79. The van der Waals surface area contributed by atoms with E-state index in [9.17, 15) is 4.79 Å². The number of nitrogens with one attached hydrogen (secondary N) is 1. The molecule has 0 aliphatic heterocycles. The highest BCUT2D eigenvalue weighted by atomic mass is 35.5. The van der Waals surface area contributed by atoms with Crippen molar-refractivity contribution in [1.29, 1.82) is 5.26 Å². The molecule has 98 valence electrons. The number of carbonyl (C=O) groups is 1. The van der Waals surface area contributed by atoms with Crippen molar-refractivity contribution in [2.24, 2.45) is 0 Å². The zero-order valence-electron chi connectivity index (χ0n) is 9.85. The molecule has 0 spiro atoms. The first-order valence-corrected chi connectivity index (χ1v) is 6.59. The molecule has 4 nitrogen and oxygen atoms in total. The van der Waals surface area contributed by atoms with Gasteiger partial charge in [0.25, 0.3) is 0 Å². The Morgan fingerprint density at radius 1 is 1.42 bits per heavy atom. The predicted octanol–water partition coefficient (Wildman–Crippen LogP) is 3.86. The first kappa shape index (κ1) is 15.4. The van der Waals surface area contributed by atoms with E-state index in [-0.39, 0.29) is 10.2 Å². The van der Waals surface area contributed by atoms with Crippen LogP contribution in [-0.2, 0) is 0 Å². The van der Waals surface area contributed by atoms with Crippen molar-refractivity contribution < 1.29 is 4.79 Å². The molecule has 0 radical (unpaired) electrons. The molecular formula is C12H9Cl2N3OS. The largest absolute Gasteiger partial charge is 0.387 e. The van der Waals surface area contributed by atoms with Crippen molar-refractivity contribution in [3.63, 3.8) is 0 Å². The minimum atomic E-state index is 0.198. The molecule has 2 aromatic rings. The summed E-state index contributed by atoms with van der Waals surface area (Å²) in [5, 5.41) is 11.9. The molecule has 0 saturated heterocycles. The summed E-state index contributed by atoms with van der Waals surface area (Å²) < 4.78 is 3.63. The van der Waals surface area contributed by atoms with Crippen LogP contribution in [-0.4, -0.2) is 17.7 Å². The molecule has 0 bridgehead atoms. The van der Waals surface area contributed by atoms with Gasteiger partial charge in [-0.05, 0) is 23.7 Å². The van der Waals surface area contributed by atoms with Gasteiger partial charge in [-0.3, -0.25) is 4.79 Å². The quantitative estimate of drug-likeness (QED) is 0.855. The van der Waals surface area contributed by atoms with E-state index in [1.165, 1.54) is 0 Å². The number of hydrogen-bond donors (Lipinski definition) is 1. The Hall–Kier alpha value is -1.61. The molecule has 2 rings (SSSR count). The highest BCUT2D eigenvalue weighted by Crippen LogP contribution is 2.26. The third kappa shape index (κ3) is 4.21. The smallest absolute Gasteiger partial charge is 0.163 e. The molecule has 19 heavy (non-hydrogen) atoms. The number of para-hydroxylation sites is 1. The Morgan fingerprint density at radius 3 is 2.47 bits per heavy atom. The number of nitriles is 1. The second kappa shape index (κ2) is 7.74. The number of halogens is 2. The van der Waals surface area contributed by atoms with E-state index in [1.807, 2.05) is 18.2 Å². The van der Waals surface area contributed by atoms with Crippen LogP contribution in [0.5, 0.6) is 0 Å². The lowest BCUT2D eigenvalue weighted by atomic mass is 10.2. The normalized spacial score (nSPS) is 8.95. The number of carbonyl (C=O) groups excluding carboxylic acids is 1. The van der Waals surface area contributed by atoms with E-state index >= 15 is 0 Å². The van der Waals surface area contributed by atoms with Crippen molar-refractivity contribution >= 4 is 46.7 Å². The van der Waals surface area contributed by atoms with Crippen LogP contribution in [0.4, 0.5) is 5.69 Å². The van der Waals surface area contributed by atoms with E-state index in [0.717, 1.165) is 17.2 Å². The van der Waals surface area contributed by atoms with Crippen LogP contribution in [0.25, 0.3) is 0 Å². The fraction of sp³-hybridized carbons (Fsp3) is 0.0833. The van der Waals surface area contributed by atoms with E-state index < -0.39 is 0 Å². The maximum absolute atomic E-state index is 10.1. The van der Waals surface area contributed by atoms with Crippen LogP contribution >= 0.6 is 34.7 Å². The minimum absolute atomic E-state index is 0.198. The van der Waals surface area contributed by atoms with Crippen molar-refractivity contribution in [2.75, 3.05) is 12.4 Å². The van der Waals surface area contributed by atoms with E-state index in [2.05, 4.69) is 15.8 Å². The van der Waals surface area contributed by atoms with Gasteiger partial charge in [-0.2, -0.15) is 9.64 Å². The molecule has 0 aliphatic carbocycles. The molecule has 0 atom stereocenters. The van der Waals surface area contributed by atoms with E-state index in [4.69, 9.17) is 28.5 Å². The number of aromatic nitrogens is 1. The van der Waals surface area contributed by atoms with Crippen molar-refractivity contribution in [1.82, 2.24) is 4.37 Å². The summed E-state index contributed by atoms with van der Waals surface area (Å²) in [6, 6.07) is 9.48. The van der Waals surface area contributed by atoms with Gasteiger partial charge in [0.05, 0.1) is 11.3 Å². The highest BCUT2D eigenvalue weighted by molar-refractivity contribution is 7.08. The molecule has 1 heterocycles. The lowest BCUT2D eigenvalue weighted by Crippen LogP contribution is -1.90. The Bertz CT molecular complexity index is 607. The Kier molecular flexibility index (Phi) is 6.30. The summed E-state index contributed by atoms with van der Waals surface area (Å²) in [5.41, 5.74) is 1.56. The van der Waals surface area contributed by atoms with E-state index in [0.29, 0.717) is 16.7 Å². The van der Waals surface area contributed by atoms with Gasteiger partial charge in [0.1, 0.15) is 16.0 Å². The summed E-state index contributed by atoms with van der Waals surface area (Å²) in [5.74, 6) is 0. The summed E-state index contributed by atoms with van der Waals surface area (Å²) in [7, 11) is 1.80. The van der Waals surface area contributed by atoms with Crippen LogP contribution in [0.15, 0.2) is 24.3 Å². The maximum Gasteiger partial charge on any atom is 0.163 e. The fourth-order valence-corrected chi connectivity index (χ4v) is 2.13. The van der Waals surface area contributed by atoms with Gasteiger partial charge < -0.3 is 5.32 Å². The van der Waals surface area contributed by atoms with Gasteiger partial charge in [-0.15, -0.1) is 0 Å². The summed E-state index contributed by atoms with van der Waals surface area (Å²) in [6.07, 6.45) is 0.631. The average molecular weight is 314 g/mol. The van der Waals surface area contributed by atoms with Gasteiger partial charge in [0.15, 0.2) is 11.4 Å². The number of nitrogens with zero attached hydrogens (tertiary/aromatic N) is 2. The number of rotatable bonds is 2. The van der Waals surface area contributed by atoms with Crippen molar-refractivity contribution in [3.05, 3.63) is 44.9 Å². The molecule has 0 aliphatic rings. The zero-order valence-corrected chi connectivity index (χ0v) is 12.2. The third-order valence-corrected chi connectivity index (χ3v) is 3.78. The summed E-state index contributed by atoms with van der Waals surface area (Å²) in [4.78, 5) is 10.4. The monoisotopic (exact) mass is 313 g/mol. The second-order valence-electron chi connectivity index (χ2n) is 3.18. The molecule has 1 N–H and O–H groups in total. The number of anilines is 1. The van der Waals surface area contributed by atoms with Gasteiger partial charge in [-0.1, -0.05) is 35.3 Å². The third-order valence-electron chi connectivity index (χ3n) is 2.05. The SMILES string of the molecule is CNc1ccccc1C#N.O=Cc1snc(Cl)c1Cl. The molecule has 0 amide bonds. The standard InChI is InChI=1S/C8H8N2.C4HCl2NOS/c1-10-8-5-3-2-4-7(8)6-9;5-3-2(1-8)9-7-4(3)6/h2-5,10H,1H3;1H. The van der Waals surface area contributed by atoms with E-state index in [1.54, 1.807) is 13.1 Å². The van der Waals surface area contributed by atoms with Crippen molar-refractivity contribution in [3.8, 4) is 6.07 Å². The van der Waals surface area contributed by atoms with Gasteiger partial charge in [-0.25, -0.2) is 0 Å². The Balaban J connectivity index is 0.000000191. The maximum atomic E-state index is 10.1. The molecule has 1 aromatic heterocycles. The van der Waals surface area contributed by atoms with Crippen LogP contribution < -0.4 is 5.32 Å². The lowest BCUT2D eigenvalue weighted by Gasteiger charge is -1.99. The minimum Gasteiger partial charge on any atom is -0.387 e. The Morgan fingerprint density at radius 2 is 2.11 bits per heavy atom. The molecule has 0 saturated carbocycles. The predicted molar refractivity (Wildman–Crippen MR) is 78.2 cm³/mol. The number of benzene rings is 1. The molecule has 7 heteroatoms. The highest BCUT2D eigenvalue weighted by Gasteiger charge is 2.06. The topological polar surface area (TPSA) is 65.8 Å². The fourth-order valence-electron chi connectivity index (χ4n) is 1.14. The molecule has 1 aromatic carbocycles. The second-order valence-corrected chi connectivity index (χ2v) is 4.72. The zero-order chi connectivity index (χ0) is 14.3. The lowest BCUT2D eigenvalue weighted by molar-refractivity contribution is 0.112. The van der Waals surface area contributed by atoms with Gasteiger partial charge >= 0.3 is 0 Å². The summed E-state index contributed by atoms with van der Waals surface area (Å²) >= 11 is 11.9. The molecule has 0 unspecified atom stereocenters. The van der Waals surface area contributed by atoms with Crippen LogP contribution in [0.2, 0.25) is 10.2 Å². The molecule has 0 fully saturated rings. The van der Waals surface area contributed by atoms with Crippen LogP contribution in [0, 0.1) is 11.3 Å². The van der Waals surface area contributed by atoms with Gasteiger partial charge in [0.2, 0.25) is 0 Å².